The van der Waals surface area contributed by atoms with Crippen LogP contribution in [0.25, 0.3) is 0 Å². The minimum absolute atomic E-state index is 0.319. The molecule has 0 saturated carbocycles. The van der Waals surface area contributed by atoms with Crippen molar-refractivity contribution in [2.45, 2.75) is 11.8 Å². The molecule has 0 bridgehead atoms. The number of hydrogen-bond donors (Lipinski definition) is 0. The van der Waals surface area contributed by atoms with Crippen LogP contribution in [0.3, 0.4) is 0 Å². The molecular formula is C11H10N4O4S. The molecule has 0 aromatic heterocycles. The Bertz CT molecular complexity index is 699. The summed E-state index contributed by atoms with van der Waals surface area (Å²) in [4.78, 5) is 9.81. The van der Waals surface area contributed by atoms with Crippen molar-refractivity contribution < 1.29 is 13.3 Å². The average Bonchev–Trinajstić information content (AvgIpc) is 2.38. The fourth-order valence-electron chi connectivity index (χ4n) is 1.48. The number of nitro groups is 1. The molecular weight excluding hydrogens is 284 g/mol. The normalized spacial score (nSPS) is 10.8. The van der Waals surface area contributed by atoms with Gasteiger partial charge in [-0.1, -0.05) is 6.07 Å². The summed E-state index contributed by atoms with van der Waals surface area (Å²) < 4.78 is 25.1. The molecule has 0 aliphatic rings. The first-order valence-corrected chi connectivity index (χ1v) is 6.77. The van der Waals surface area contributed by atoms with Gasteiger partial charge in [0.15, 0.2) is 0 Å². The van der Waals surface area contributed by atoms with E-state index < -0.39 is 28.0 Å². The molecule has 0 heterocycles. The van der Waals surface area contributed by atoms with Gasteiger partial charge in [0.2, 0.25) is 10.0 Å². The van der Waals surface area contributed by atoms with Crippen LogP contribution in [-0.4, -0.2) is 30.7 Å². The van der Waals surface area contributed by atoms with Crippen LogP contribution in [0.15, 0.2) is 23.1 Å². The topological polar surface area (TPSA) is 128 Å². The minimum atomic E-state index is -4.11. The Labute approximate surface area is 115 Å². The molecule has 0 saturated heterocycles. The molecule has 8 nitrogen and oxygen atoms in total. The molecule has 0 atom stereocenters. The third-order valence-electron chi connectivity index (χ3n) is 2.51. The molecule has 0 fully saturated rings. The van der Waals surface area contributed by atoms with Crippen molar-refractivity contribution in [3.8, 4) is 12.1 Å². The zero-order chi connectivity index (χ0) is 15.3. The summed E-state index contributed by atoms with van der Waals surface area (Å²) in [5, 5.41) is 28.0. The van der Waals surface area contributed by atoms with Gasteiger partial charge in [-0.15, -0.1) is 0 Å². The largest absolute Gasteiger partial charge is 0.273 e. The zero-order valence-electron chi connectivity index (χ0n) is 10.5. The SMILES string of the molecule is Cc1ccc(S(=O)(=O)N(CC#N)CC#N)cc1[N+](=O)[O-]. The smallest absolute Gasteiger partial charge is 0.258 e. The average molecular weight is 294 g/mol. The van der Waals surface area contributed by atoms with Gasteiger partial charge in [0.05, 0.1) is 22.0 Å². The van der Waals surface area contributed by atoms with E-state index >= 15 is 0 Å². The number of nitro benzene ring substituents is 1. The third-order valence-corrected chi connectivity index (χ3v) is 4.30. The molecule has 0 N–H and O–H groups in total. The van der Waals surface area contributed by atoms with E-state index in [0.717, 1.165) is 6.07 Å². The van der Waals surface area contributed by atoms with Crippen molar-refractivity contribution >= 4 is 15.7 Å². The summed E-state index contributed by atoms with van der Waals surface area (Å²) in [7, 11) is -4.11. The highest BCUT2D eigenvalue weighted by Gasteiger charge is 2.26. The Morgan fingerprint density at radius 3 is 2.30 bits per heavy atom. The Hall–Kier alpha value is -2.49. The van der Waals surface area contributed by atoms with Crippen LogP contribution >= 0.6 is 0 Å². The van der Waals surface area contributed by atoms with Crippen LogP contribution in [0.5, 0.6) is 0 Å². The number of nitriles is 2. The van der Waals surface area contributed by atoms with E-state index in [1.165, 1.54) is 19.1 Å². The summed E-state index contributed by atoms with van der Waals surface area (Å²) in [6.07, 6.45) is 0. The summed E-state index contributed by atoms with van der Waals surface area (Å²) in [5.41, 5.74) is -0.0130. The fourth-order valence-corrected chi connectivity index (χ4v) is 2.73. The van der Waals surface area contributed by atoms with Gasteiger partial charge >= 0.3 is 0 Å². The second kappa shape index (κ2) is 6.10. The van der Waals surface area contributed by atoms with E-state index in [1.54, 1.807) is 12.1 Å². The number of rotatable bonds is 5. The molecule has 1 rings (SSSR count). The van der Waals surface area contributed by atoms with Gasteiger partial charge in [0, 0.05) is 11.6 Å². The van der Waals surface area contributed by atoms with Crippen LogP contribution in [0.1, 0.15) is 5.56 Å². The highest BCUT2D eigenvalue weighted by atomic mass is 32.2. The first-order chi connectivity index (χ1) is 9.34. The van der Waals surface area contributed by atoms with Gasteiger partial charge in [-0.3, -0.25) is 10.1 Å². The fraction of sp³-hybridized carbons (Fsp3) is 0.273. The monoisotopic (exact) mass is 294 g/mol. The summed E-state index contributed by atoms with van der Waals surface area (Å²) >= 11 is 0. The Morgan fingerprint density at radius 1 is 1.30 bits per heavy atom. The van der Waals surface area contributed by atoms with Crippen molar-refractivity contribution in [3.63, 3.8) is 0 Å². The second-order valence-electron chi connectivity index (χ2n) is 3.79. The first-order valence-electron chi connectivity index (χ1n) is 5.33. The molecule has 0 radical (unpaired) electrons. The van der Waals surface area contributed by atoms with Crippen LogP contribution in [0.4, 0.5) is 5.69 Å². The summed E-state index contributed by atoms with van der Waals surface area (Å²) in [5.74, 6) is 0. The van der Waals surface area contributed by atoms with Crippen LogP contribution < -0.4 is 0 Å². The molecule has 1 aromatic rings. The maximum Gasteiger partial charge on any atom is 0.273 e. The zero-order valence-corrected chi connectivity index (χ0v) is 11.3. The van der Waals surface area contributed by atoms with Crippen LogP contribution in [0.2, 0.25) is 0 Å². The molecule has 104 valence electrons. The first kappa shape index (κ1) is 15.6. The van der Waals surface area contributed by atoms with Gasteiger partial charge in [-0.05, 0) is 13.0 Å². The van der Waals surface area contributed by atoms with Crippen molar-refractivity contribution in [2.24, 2.45) is 0 Å². The van der Waals surface area contributed by atoms with E-state index in [4.69, 9.17) is 10.5 Å². The highest BCUT2D eigenvalue weighted by Crippen LogP contribution is 2.24. The number of sulfonamides is 1. The van der Waals surface area contributed by atoms with Gasteiger partial charge in [-0.2, -0.15) is 14.8 Å². The standard InChI is InChI=1S/C11H10N4O4S/c1-9-2-3-10(8-11(9)15(16)17)20(18,19)14(6-4-12)7-5-13/h2-3,8H,6-7H2,1H3. The highest BCUT2D eigenvalue weighted by molar-refractivity contribution is 7.89. The lowest BCUT2D eigenvalue weighted by molar-refractivity contribution is -0.385. The summed E-state index contributed by atoms with van der Waals surface area (Å²) in [6.45, 7) is 0.478. The molecule has 0 spiro atoms. The van der Waals surface area contributed by atoms with E-state index in [-0.39, 0.29) is 10.6 Å². The van der Waals surface area contributed by atoms with Crippen LogP contribution in [0, 0.1) is 39.7 Å². The molecule has 0 aliphatic carbocycles. The predicted molar refractivity (Wildman–Crippen MR) is 67.8 cm³/mol. The van der Waals surface area contributed by atoms with Crippen molar-refractivity contribution in [1.29, 1.82) is 10.5 Å². The molecule has 9 heteroatoms. The van der Waals surface area contributed by atoms with Gasteiger partial charge < -0.3 is 0 Å². The van der Waals surface area contributed by atoms with E-state index in [9.17, 15) is 18.5 Å². The Kier molecular flexibility index (Phi) is 4.75. The van der Waals surface area contributed by atoms with E-state index in [1.807, 2.05) is 0 Å². The number of hydrogen-bond acceptors (Lipinski definition) is 6. The third kappa shape index (κ3) is 3.09. The maximum atomic E-state index is 12.2. The van der Waals surface area contributed by atoms with Crippen LogP contribution in [-0.2, 0) is 10.0 Å². The Morgan fingerprint density at radius 2 is 1.85 bits per heavy atom. The van der Waals surface area contributed by atoms with Gasteiger partial charge in [0.25, 0.3) is 5.69 Å². The molecule has 1 aromatic carbocycles. The maximum absolute atomic E-state index is 12.2. The molecule has 20 heavy (non-hydrogen) atoms. The van der Waals surface area contributed by atoms with Crippen molar-refractivity contribution in [1.82, 2.24) is 4.31 Å². The van der Waals surface area contributed by atoms with Crippen molar-refractivity contribution in [3.05, 3.63) is 33.9 Å². The predicted octanol–water partition coefficient (Wildman–Crippen LogP) is 0.941. The minimum Gasteiger partial charge on any atom is -0.258 e. The lowest BCUT2D eigenvalue weighted by Crippen LogP contribution is -2.31. The molecule has 0 unspecified atom stereocenters. The lowest BCUT2D eigenvalue weighted by Gasteiger charge is -2.15. The van der Waals surface area contributed by atoms with Gasteiger partial charge in [-0.25, -0.2) is 8.42 Å². The van der Waals surface area contributed by atoms with Gasteiger partial charge in [0.1, 0.15) is 13.1 Å². The van der Waals surface area contributed by atoms with Crippen molar-refractivity contribution in [2.75, 3.05) is 13.1 Å². The quantitative estimate of drug-likeness (QED) is 0.451. The van der Waals surface area contributed by atoms with E-state index in [0.29, 0.717) is 9.87 Å². The summed E-state index contributed by atoms with van der Waals surface area (Å²) in [6, 6.07) is 6.72. The molecule has 0 amide bonds. The Balaban J connectivity index is 3.35. The number of nitrogens with zero attached hydrogens (tertiary/aromatic N) is 4. The number of aryl methyl sites for hydroxylation is 1. The lowest BCUT2D eigenvalue weighted by atomic mass is 10.2. The second-order valence-corrected chi connectivity index (χ2v) is 5.73. The number of benzene rings is 1. The van der Waals surface area contributed by atoms with E-state index in [2.05, 4.69) is 0 Å². The molecule has 0 aliphatic heterocycles.